The van der Waals surface area contributed by atoms with E-state index in [1.807, 2.05) is 49.4 Å². The summed E-state index contributed by atoms with van der Waals surface area (Å²) in [5.74, 6) is -0.878. The number of hydrogen-bond acceptors (Lipinski definition) is 3. The van der Waals surface area contributed by atoms with Gasteiger partial charge in [-0.2, -0.15) is 0 Å². The number of halogens is 1. The Morgan fingerprint density at radius 3 is 2.46 bits per heavy atom. The van der Waals surface area contributed by atoms with Crippen molar-refractivity contribution in [2.24, 2.45) is 0 Å². The molecule has 0 heterocycles. The highest BCUT2D eigenvalue weighted by Crippen LogP contribution is 2.19. The molecule has 132 valence electrons. The van der Waals surface area contributed by atoms with E-state index in [-0.39, 0.29) is 18.6 Å². The SMILES string of the molecule is C[C@@H](NC(=O)COC(=O)c1cccc2ccccc12)c1ccc(Cl)cc1. The fourth-order valence-electron chi connectivity index (χ4n) is 2.73. The molecule has 0 aromatic heterocycles. The van der Waals surface area contributed by atoms with Gasteiger partial charge in [0, 0.05) is 5.02 Å². The lowest BCUT2D eigenvalue weighted by Crippen LogP contribution is -2.31. The van der Waals surface area contributed by atoms with Crippen molar-refractivity contribution in [1.29, 1.82) is 0 Å². The molecule has 0 spiro atoms. The highest BCUT2D eigenvalue weighted by molar-refractivity contribution is 6.30. The summed E-state index contributed by atoms with van der Waals surface area (Å²) < 4.78 is 5.18. The van der Waals surface area contributed by atoms with E-state index in [2.05, 4.69) is 5.32 Å². The minimum absolute atomic E-state index is 0.212. The summed E-state index contributed by atoms with van der Waals surface area (Å²) >= 11 is 5.86. The lowest BCUT2D eigenvalue weighted by molar-refractivity contribution is -0.124. The summed E-state index contributed by atoms with van der Waals surface area (Å²) in [5.41, 5.74) is 1.37. The van der Waals surface area contributed by atoms with Crippen molar-refractivity contribution in [1.82, 2.24) is 5.32 Å². The Morgan fingerprint density at radius 1 is 1.00 bits per heavy atom. The predicted octanol–water partition coefficient (Wildman–Crippen LogP) is 4.53. The average molecular weight is 368 g/mol. The topological polar surface area (TPSA) is 55.4 Å². The smallest absolute Gasteiger partial charge is 0.339 e. The Labute approximate surface area is 156 Å². The van der Waals surface area contributed by atoms with Gasteiger partial charge in [0.1, 0.15) is 0 Å². The maximum Gasteiger partial charge on any atom is 0.339 e. The van der Waals surface area contributed by atoms with Crippen LogP contribution in [0.15, 0.2) is 66.7 Å². The van der Waals surface area contributed by atoms with Crippen molar-refractivity contribution in [3.63, 3.8) is 0 Å². The van der Waals surface area contributed by atoms with Crippen molar-refractivity contribution in [3.8, 4) is 0 Å². The minimum atomic E-state index is -0.518. The third-order valence-electron chi connectivity index (χ3n) is 4.09. The predicted molar refractivity (Wildman–Crippen MR) is 102 cm³/mol. The number of benzene rings is 3. The van der Waals surface area contributed by atoms with Crippen LogP contribution >= 0.6 is 11.6 Å². The first-order valence-corrected chi connectivity index (χ1v) is 8.62. The number of carbonyl (C=O) groups excluding carboxylic acids is 2. The Kier molecular flexibility index (Phi) is 5.54. The van der Waals surface area contributed by atoms with E-state index in [9.17, 15) is 9.59 Å². The summed E-state index contributed by atoms with van der Waals surface area (Å²) in [4.78, 5) is 24.4. The molecule has 0 aliphatic rings. The molecule has 0 radical (unpaired) electrons. The van der Waals surface area contributed by atoms with Crippen molar-refractivity contribution >= 4 is 34.2 Å². The van der Waals surface area contributed by atoms with Gasteiger partial charge in [0.25, 0.3) is 5.91 Å². The van der Waals surface area contributed by atoms with Crippen LogP contribution in [0, 0.1) is 0 Å². The molecule has 4 nitrogen and oxygen atoms in total. The lowest BCUT2D eigenvalue weighted by atomic mass is 10.1. The van der Waals surface area contributed by atoms with Gasteiger partial charge in [-0.3, -0.25) is 4.79 Å². The largest absolute Gasteiger partial charge is 0.452 e. The van der Waals surface area contributed by atoms with Gasteiger partial charge in [0.05, 0.1) is 11.6 Å². The zero-order chi connectivity index (χ0) is 18.5. The second-order valence-electron chi connectivity index (χ2n) is 5.94. The molecule has 0 aliphatic carbocycles. The van der Waals surface area contributed by atoms with Crippen molar-refractivity contribution in [2.75, 3.05) is 6.61 Å². The molecule has 1 atom stereocenters. The van der Waals surface area contributed by atoms with Crippen molar-refractivity contribution in [2.45, 2.75) is 13.0 Å². The molecule has 1 amide bonds. The van der Waals surface area contributed by atoms with Crippen LogP contribution < -0.4 is 5.32 Å². The van der Waals surface area contributed by atoms with Gasteiger partial charge in [0.15, 0.2) is 6.61 Å². The molecule has 0 saturated heterocycles. The molecular formula is C21H18ClNO3. The standard InChI is InChI=1S/C21H18ClNO3/c1-14(15-9-11-17(22)12-10-15)23-20(24)13-26-21(25)19-8-4-6-16-5-2-3-7-18(16)19/h2-12,14H,13H2,1H3,(H,23,24)/t14-/m1/s1. The third-order valence-corrected chi connectivity index (χ3v) is 4.34. The average Bonchev–Trinajstić information content (AvgIpc) is 2.66. The number of amides is 1. The van der Waals surface area contributed by atoms with Crippen LogP contribution in [0.1, 0.15) is 28.9 Å². The lowest BCUT2D eigenvalue weighted by Gasteiger charge is -2.14. The van der Waals surface area contributed by atoms with Crippen LogP contribution in [-0.2, 0) is 9.53 Å². The quantitative estimate of drug-likeness (QED) is 0.674. The second-order valence-corrected chi connectivity index (χ2v) is 6.38. The van der Waals surface area contributed by atoms with E-state index >= 15 is 0 Å². The molecule has 3 aromatic rings. The van der Waals surface area contributed by atoms with Crippen LogP contribution in [0.4, 0.5) is 0 Å². The van der Waals surface area contributed by atoms with Gasteiger partial charge in [-0.05, 0) is 41.5 Å². The molecule has 3 rings (SSSR count). The monoisotopic (exact) mass is 367 g/mol. The maximum absolute atomic E-state index is 12.3. The number of esters is 1. The van der Waals surface area contributed by atoms with Gasteiger partial charge in [-0.25, -0.2) is 4.79 Å². The Bertz CT molecular complexity index is 932. The first kappa shape index (κ1) is 18.0. The summed E-state index contributed by atoms with van der Waals surface area (Å²) in [6.45, 7) is 1.52. The molecule has 26 heavy (non-hydrogen) atoms. The maximum atomic E-state index is 12.3. The van der Waals surface area contributed by atoms with Crippen LogP contribution in [0.2, 0.25) is 5.02 Å². The Balaban J connectivity index is 1.60. The minimum Gasteiger partial charge on any atom is -0.452 e. The van der Waals surface area contributed by atoms with Gasteiger partial charge < -0.3 is 10.1 Å². The molecular weight excluding hydrogens is 350 g/mol. The molecule has 0 aliphatic heterocycles. The van der Waals surface area contributed by atoms with Gasteiger partial charge >= 0.3 is 5.97 Å². The second kappa shape index (κ2) is 8.02. The van der Waals surface area contributed by atoms with Gasteiger partial charge in [0.2, 0.25) is 0 Å². The molecule has 0 bridgehead atoms. The number of carbonyl (C=O) groups is 2. The number of ether oxygens (including phenoxy) is 1. The van der Waals surface area contributed by atoms with Gasteiger partial charge in [-0.15, -0.1) is 0 Å². The molecule has 3 aromatic carbocycles. The van der Waals surface area contributed by atoms with E-state index in [4.69, 9.17) is 16.3 Å². The summed E-state index contributed by atoms with van der Waals surface area (Å²) in [7, 11) is 0. The molecule has 0 saturated carbocycles. The summed E-state index contributed by atoms with van der Waals surface area (Å²) in [6.07, 6.45) is 0. The van der Waals surface area contributed by atoms with Crippen molar-refractivity contribution < 1.29 is 14.3 Å². The Morgan fingerprint density at radius 2 is 1.69 bits per heavy atom. The highest BCUT2D eigenvalue weighted by Gasteiger charge is 2.15. The third kappa shape index (κ3) is 4.21. The number of fused-ring (bicyclic) bond motifs is 1. The van der Waals surface area contributed by atoms with E-state index < -0.39 is 5.97 Å². The summed E-state index contributed by atoms with van der Waals surface area (Å²) in [5, 5.41) is 5.18. The number of rotatable bonds is 5. The van der Waals surface area contributed by atoms with Crippen LogP contribution in [0.5, 0.6) is 0 Å². The molecule has 5 heteroatoms. The van der Waals surface area contributed by atoms with Crippen LogP contribution in [0.3, 0.4) is 0 Å². The van der Waals surface area contributed by atoms with Crippen LogP contribution in [0.25, 0.3) is 10.8 Å². The highest BCUT2D eigenvalue weighted by atomic mass is 35.5. The van der Waals surface area contributed by atoms with E-state index in [0.29, 0.717) is 10.6 Å². The fourth-order valence-corrected chi connectivity index (χ4v) is 2.86. The van der Waals surface area contributed by atoms with E-state index in [1.165, 1.54) is 0 Å². The molecule has 0 unspecified atom stereocenters. The number of nitrogens with one attached hydrogen (secondary N) is 1. The molecule has 1 N–H and O–H groups in total. The van der Waals surface area contributed by atoms with Crippen LogP contribution in [-0.4, -0.2) is 18.5 Å². The van der Waals surface area contributed by atoms with Gasteiger partial charge in [-0.1, -0.05) is 60.1 Å². The zero-order valence-corrected chi connectivity index (χ0v) is 15.0. The van der Waals surface area contributed by atoms with Crippen molar-refractivity contribution in [3.05, 3.63) is 82.9 Å². The van der Waals surface area contributed by atoms with E-state index in [0.717, 1.165) is 16.3 Å². The normalized spacial score (nSPS) is 11.8. The zero-order valence-electron chi connectivity index (χ0n) is 14.2. The van der Waals surface area contributed by atoms with E-state index in [1.54, 1.807) is 24.3 Å². The fraction of sp³-hybridized carbons (Fsp3) is 0.143. The Hall–Kier alpha value is -2.85. The molecule has 0 fully saturated rings. The summed E-state index contributed by atoms with van der Waals surface area (Å²) in [6, 6.07) is 20.0. The number of hydrogen-bond donors (Lipinski definition) is 1. The first-order valence-electron chi connectivity index (χ1n) is 8.24. The first-order chi connectivity index (χ1) is 12.5.